The molecule has 0 bridgehead atoms. The number of amides is 2. The van der Waals surface area contributed by atoms with Crippen LogP contribution in [-0.2, 0) is 0 Å². The summed E-state index contributed by atoms with van der Waals surface area (Å²) in [4.78, 5) is 14.4. The minimum Gasteiger partial charge on any atom is -0.322 e. The number of carbonyl (C=O) groups excluding carboxylic acids is 1. The topological polar surface area (TPSA) is 58.1 Å². The second-order valence-electron chi connectivity index (χ2n) is 6.28. The normalized spacial score (nSPS) is 23.4. The predicted octanol–water partition coefficient (Wildman–Crippen LogP) is 3.89. The van der Waals surface area contributed by atoms with E-state index in [-0.39, 0.29) is 6.03 Å². The van der Waals surface area contributed by atoms with E-state index < -0.39 is 0 Å². The third-order valence-electron chi connectivity index (χ3n) is 4.86. The van der Waals surface area contributed by atoms with E-state index >= 15 is 0 Å². The molecule has 1 aromatic heterocycles. The Labute approximate surface area is 130 Å². The van der Waals surface area contributed by atoms with E-state index in [2.05, 4.69) is 14.9 Å². The summed E-state index contributed by atoms with van der Waals surface area (Å²) < 4.78 is 3.78. The molecule has 0 radical (unpaired) electrons. The van der Waals surface area contributed by atoms with Gasteiger partial charge in [-0.1, -0.05) is 36.6 Å². The van der Waals surface area contributed by atoms with Crippen LogP contribution in [0.5, 0.6) is 0 Å². The van der Waals surface area contributed by atoms with Crippen LogP contribution in [0, 0.1) is 5.92 Å². The highest BCUT2D eigenvalue weighted by Crippen LogP contribution is 2.30. The number of anilines is 1. The number of carbonyl (C=O) groups is 1. The Morgan fingerprint density at radius 1 is 1.24 bits per heavy atom. The van der Waals surface area contributed by atoms with Gasteiger partial charge in [0.05, 0.1) is 6.20 Å². The summed E-state index contributed by atoms with van der Waals surface area (Å²) in [6.45, 7) is 0.882. The molecule has 1 atom stereocenters. The zero-order chi connectivity index (χ0) is 14.5. The fraction of sp³-hybridized carbons (Fsp3) is 0.800. The summed E-state index contributed by atoms with van der Waals surface area (Å²) in [7, 11) is 0. The maximum atomic E-state index is 12.3. The molecule has 116 valence electrons. The molecular weight excluding hydrogens is 284 g/mol. The molecule has 1 N–H and O–H groups in total. The second kappa shape index (κ2) is 7.20. The molecule has 0 aromatic carbocycles. The lowest BCUT2D eigenvalue weighted by atomic mass is 9.85. The standard InChI is InChI=1S/C15H24N4OS/c20-15(17-14-11-16-18-21-14)19-10-4-7-13(19)9-8-12-5-2-1-3-6-12/h11-13H,1-10H2,(H,17,20). The molecule has 6 heteroatoms. The number of aromatic nitrogens is 2. The summed E-state index contributed by atoms with van der Waals surface area (Å²) in [5.41, 5.74) is 0. The molecule has 21 heavy (non-hydrogen) atoms. The Hall–Kier alpha value is -1.17. The first-order chi connectivity index (χ1) is 10.3. The van der Waals surface area contributed by atoms with Gasteiger partial charge >= 0.3 is 6.03 Å². The second-order valence-corrected chi connectivity index (χ2v) is 7.07. The summed E-state index contributed by atoms with van der Waals surface area (Å²) in [5, 5.41) is 7.40. The van der Waals surface area contributed by atoms with E-state index in [1.54, 1.807) is 6.20 Å². The van der Waals surface area contributed by atoms with Crippen molar-refractivity contribution in [1.82, 2.24) is 14.5 Å². The molecule has 1 aliphatic heterocycles. The molecular formula is C15H24N4OS. The number of nitrogens with one attached hydrogen (secondary N) is 1. The molecule has 1 saturated carbocycles. The van der Waals surface area contributed by atoms with Gasteiger partial charge in [0.2, 0.25) is 0 Å². The predicted molar refractivity (Wildman–Crippen MR) is 84.5 cm³/mol. The molecule has 1 unspecified atom stereocenters. The van der Waals surface area contributed by atoms with Gasteiger partial charge in [-0.3, -0.25) is 5.32 Å². The molecule has 2 amide bonds. The minimum absolute atomic E-state index is 0.0206. The number of hydrogen-bond donors (Lipinski definition) is 1. The van der Waals surface area contributed by atoms with Crippen LogP contribution in [0.2, 0.25) is 0 Å². The average Bonchev–Trinajstić information content (AvgIpc) is 3.17. The number of hydrogen-bond acceptors (Lipinski definition) is 4. The number of nitrogens with zero attached hydrogens (tertiary/aromatic N) is 3. The maximum Gasteiger partial charge on any atom is 0.322 e. The quantitative estimate of drug-likeness (QED) is 0.918. The lowest BCUT2D eigenvalue weighted by Crippen LogP contribution is -2.38. The van der Waals surface area contributed by atoms with Crippen molar-refractivity contribution in [2.24, 2.45) is 5.92 Å². The Bertz CT molecular complexity index is 445. The van der Waals surface area contributed by atoms with Gasteiger partial charge in [0.1, 0.15) is 5.00 Å². The highest BCUT2D eigenvalue weighted by atomic mass is 32.1. The van der Waals surface area contributed by atoms with Crippen molar-refractivity contribution in [2.45, 2.75) is 63.8 Å². The zero-order valence-electron chi connectivity index (χ0n) is 12.5. The monoisotopic (exact) mass is 308 g/mol. The van der Waals surface area contributed by atoms with E-state index in [0.29, 0.717) is 6.04 Å². The molecule has 1 saturated heterocycles. The van der Waals surface area contributed by atoms with Crippen molar-refractivity contribution in [2.75, 3.05) is 11.9 Å². The number of rotatable bonds is 4. The first-order valence-corrected chi connectivity index (χ1v) is 8.95. The van der Waals surface area contributed by atoms with E-state index in [1.807, 2.05) is 4.90 Å². The van der Waals surface area contributed by atoms with Crippen LogP contribution in [-0.4, -0.2) is 33.1 Å². The van der Waals surface area contributed by atoms with Crippen LogP contribution in [0.1, 0.15) is 57.8 Å². The number of likely N-dealkylation sites (tertiary alicyclic amines) is 1. The van der Waals surface area contributed by atoms with Gasteiger partial charge in [0, 0.05) is 24.1 Å². The first-order valence-electron chi connectivity index (χ1n) is 8.18. The molecule has 5 nitrogen and oxygen atoms in total. The summed E-state index contributed by atoms with van der Waals surface area (Å²) in [6, 6.07) is 0.444. The Balaban J connectivity index is 1.48. The van der Waals surface area contributed by atoms with Crippen LogP contribution >= 0.6 is 11.5 Å². The van der Waals surface area contributed by atoms with Crippen LogP contribution in [0.4, 0.5) is 9.80 Å². The van der Waals surface area contributed by atoms with Crippen LogP contribution in [0.15, 0.2) is 6.20 Å². The van der Waals surface area contributed by atoms with Crippen molar-refractivity contribution >= 4 is 22.6 Å². The van der Waals surface area contributed by atoms with E-state index in [4.69, 9.17) is 0 Å². The fourth-order valence-electron chi connectivity index (χ4n) is 3.71. The molecule has 2 fully saturated rings. The molecule has 1 aromatic rings. The smallest absolute Gasteiger partial charge is 0.322 e. The Morgan fingerprint density at radius 2 is 2.10 bits per heavy atom. The van der Waals surface area contributed by atoms with Crippen molar-refractivity contribution in [3.63, 3.8) is 0 Å². The lowest BCUT2D eigenvalue weighted by Gasteiger charge is -2.27. The van der Waals surface area contributed by atoms with Gasteiger partial charge in [-0.15, -0.1) is 5.10 Å². The summed E-state index contributed by atoms with van der Waals surface area (Å²) in [5.74, 6) is 0.898. The summed E-state index contributed by atoms with van der Waals surface area (Å²) in [6.07, 6.45) is 13.3. The van der Waals surface area contributed by atoms with Crippen molar-refractivity contribution < 1.29 is 4.79 Å². The molecule has 2 heterocycles. The lowest BCUT2D eigenvalue weighted by molar-refractivity contribution is 0.198. The third-order valence-corrected chi connectivity index (χ3v) is 5.44. The van der Waals surface area contributed by atoms with Crippen molar-refractivity contribution in [3.05, 3.63) is 6.20 Å². The SMILES string of the molecule is O=C(Nc1cnns1)N1CCCC1CCC1CCCCC1. The molecule has 3 rings (SSSR count). The van der Waals surface area contributed by atoms with Crippen LogP contribution in [0.25, 0.3) is 0 Å². The van der Waals surface area contributed by atoms with Gasteiger partial charge in [0.15, 0.2) is 0 Å². The third kappa shape index (κ3) is 3.93. The van der Waals surface area contributed by atoms with E-state index in [1.165, 1.54) is 56.5 Å². The van der Waals surface area contributed by atoms with Gasteiger partial charge in [0.25, 0.3) is 0 Å². The van der Waals surface area contributed by atoms with Crippen molar-refractivity contribution in [3.8, 4) is 0 Å². The van der Waals surface area contributed by atoms with Gasteiger partial charge < -0.3 is 4.90 Å². The molecule has 1 aliphatic carbocycles. The summed E-state index contributed by atoms with van der Waals surface area (Å²) >= 11 is 1.23. The first kappa shape index (κ1) is 14.8. The van der Waals surface area contributed by atoms with Crippen LogP contribution < -0.4 is 5.32 Å². The molecule has 0 spiro atoms. The highest BCUT2D eigenvalue weighted by Gasteiger charge is 2.29. The van der Waals surface area contributed by atoms with Gasteiger partial charge in [-0.25, -0.2) is 4.79 Å². The Kier molecular flexibility index (Phi) is 5.06. The van der Waals surface area contributed by atoms with Crippen LogP contribution in [0.3, 0.4) is 0 Å². The van der Waals surface area contributed by atoms with Gasteiger partial charge in [-0.2, -0.15) is 0 Å². The minimum atomic E-state index is 0.0206. The maximum absolute atomic E-state index is 12.3. The van der Waals surface area contributed by atoms with Crippen molar-refractivity contribution in [1.29, 1.82) is 0 Å². The number of urea groups is 1. The largest absolute Gasteiger partial charge is 0.322 e. The fourth-order valence-corrected chi connectivity index (χ4v) is 4.12. The van der Waals surface area contributed by atoms with E-state index in [0.717, 1.165) is 30.3 Å². The highest BCUT2D eigenvalue weighted by molar-refractivity contribution is 7.10. The van der Waals surface area contributed by atoms with Gasteiger partial charge in [-0.05, 0) is 31.6 Å². The van der Waals surface area contributed by atoms with E-state index in [9.17, 15) is 4.79 Å². The Morgan fingerprint density at radius 3 is 2.86 bits per heavy atom. The molecule has 2 aliphatic rings. The zero-order valence-corrected chi connectivity index (χ0v) is 13.3. The average molecular weight is 308 g/mol.